The number of carbonyl (C=O) groups excluding carboxylic acids is 1. The molecule has 0 spiro atoms. The summed E-state index contributed by atoms with van der Waals surface area (Å²) in [6, 6.07) is 10.3. The molecule has 146 valence electrons. The molecule has 9 heteroatoms. The van der Waals surface area contributed by atoms with Gasteiger partial charge in [-0.2, -0.15) is 5.10 Å². The average molecular weight is 386 g/mol. The van der Waals surface area contributed by atoms with E-state index >= 15 is 0 Å². The number of halogens is 2. The molecular weight excluding hydrogens is 366 g/mol. The lowest BCUT2D eigenvalue weighted by Crippen LogP contribution is -2.34. The lowest BCUT2D eigenvalue weighted by molar-refractivity contribution is 0.0117. The summed E-state index contributed by atoms with van der Waals surface area (Å²) in [7, 11) is 1.71. The van der Waals surface area contributed by atoms with Crippen LogP contribution < -0.4 is 0 Å². The molecule has 0 N–H and O–H groups in total. The Labute approximate surface area is 160 Å². The molecule has 0 saturated carbocycles. The Hall–Kier alpha value is -3.10. The van der Waals surface area contributed by atoms with Gasteiger partial charge in [0.15, 0.2) is 11.5 Å². The third-order valence-electron chi connectivity index (χ3n) is 5.00. The summed E-state index contributed by atoms with van der Waals surface area (Å²) in [4.78, 5) is 14.1. The molecule has 28 heavy (non-hydrogen) atoms. The number of aromatic nitrogens is 5. The lowest BCUT2D eigenvalue weighted by Gasteiger charge is -2.23. The Bertz CT molecular complexity index is 978. The highest BCUT2D eigenvalue weighted by molar-refractivity contribution is 5.93. The molecule has 7 nitrogen and oxygen atoms in total. The average Bonchev–Trinajstić information content (AvgIpc) is 3.33. The van der Waals surface area contributed by atoms with E-state index in [1.54, 1.807) is 29.3 Å². The van der Waals surface area contributed by atoms with Crippen LogP contribution in [-0.4, -0.2) is 47.8 Å². The molecular formula is C19H20F2N6O. The van der Waals surface area contributed by atoms with Crippen molar-refractivity contribution >= 4 is 5.91 Å². The highest BCUT2D eigenvalue weighted by atomic mass is 19.3. The van der Waals surface area contributed by atoms with Crippen LogP contribution >= 0.6 is 0 Å². The molecule has 1 atom stereocenters. The largest absolute Gasteiger partial charge is 0.321 e. The van der Waals surface area contributed by atoms with Crippen LogP contribution in [0.15, 0.2) is 42.7 Å². The minimum Gasteiger partial charge on any atom is -0.321 e. The van der Waals surface area contributed by atoms with Crippen molar-refractivity contribution in [2.75, 3.05) is 6.54 Å². The van der Waals surface area contributed by atoms with E-state index in [1.807, 2.05) is 30.3 Å². The minimum atomic E-state index is -2.99. The van der Waals surface area contributed by atoms with E-state index in [4.69, 9.17) is 0 Å². The van der Waals surface area contributed by atoms with E-state index in [2.05, 4.69) is 15.3 Å². The molecule has 0 bridgehead atoms. The first-order valence-electron chi connectivity index (χ1n) is 8.95. The molecule has 3 heterocycles. The number of hydrogen-bond donors (Lipinski definition) is 0. The summed E-state index contributed by atoms with van der Waals surface area (Å²) in [5.74, 6) is -3.17. The number of aryl methyl sites for hydroxylation is 2. The maximum Gasteiger partial charge on any atom is 0.275 e. The van der Waals surface area contributed by atoms with E-state index in [0.717, 1.165) is 16.2 Å². The van der Waals surface area contributed by atoms with Crippen LogP contribution in [0.25, 0.3) is 0 Å². The van der Waals surface area contributed by atoms with Crippen LogP contribution in [0.3, 0.4) is 0 Å². The van der Waals surface area contributed by atoms with E-state index in [-0.39, 0.29) is 5.69 Å². The molecule has 1 fully saturated rings. The maximum absolute atomic E-state index is 14.3. The van der Waals surface area contributed by atoms with Gasteiger partial charge in [-0.05, 0) is 18.6 Å². The van der Waals surface area contributed by atoms with Crippen molar-refractivity contribution in [2.45, 2.75) is 31.9 Å². The van der Waals surface area contributed by atoms with Gasteiger partial charge >= 0.3 is 0 Å². The standard InChI is InChI=1S/C19H20F2N6O/c1-13-8-15(24-25(13)2)18(28)27-11-19(20,21)9-16(27)17-23-22-12-26(17)10-14-6-4-3-5-7-14/h3-8,12,16H,9-11H2,1-2H3/t16-/m0/s1. The first kappa shape index (κ1) is 18.3. The Kier molecular flexibility index (Phi) is 4.44. The van der Waals surface area contributed by atoms with Gasteiger partial charge in [-0.3, -0.25) is 9.48 Å². The summed E-state index contributed by atoms with van der Waals surface area (Å²) in [6.07, 6.45) is 1.02. The number of amides is 1. The zero-order valence-electron chi connectivity index (χ0n) is 15.6. The molecule has 3 aromatic rings. The fraction of sp³-hybridized carbons (Fsp3) is 0.368. The maximum atomic E-state index is 14.3. The molecule has 0 radical (unpaired) electrons. The van der Waals surface area contributed by atoms with Gasteiger partial charge in [0.1, 0.15) is 6.33 Å². The summed E-state index contributed by atoms with van der Waals surface area (Å²) >= 11 is 0. The normalized spacial score (nSPS) is 18.6. The Morgan fingerprint density at radius 2 is 2.04 bits per heavy atom. The van der Waals surface area contributed by atoms with E-state index in [1.165, 1.54) is 6.33 Å². The van der Waals surface area contributed by atoms with Crippen molar-refractivity contribution in [3.05, 3.63) is 65.5 Å². The summed E-state index contributed by atoms with van der Waals surface area (Å²) in [5.41, 5.74) is 1.92. The van der Waals surface area contributed by atoms with E-state index in [9.17, 15) is 13.6 Å². The van der Waals surface area contributed by atoms with Crippen molar-refractivity contribution in [3.63, 3.8) is 0 Å². The molecule has 1 saturated heterocycles. The minimum absolute atomic E-state index is 0.150. The molecule has 1 aliphatic rings. The Morgan fingerprint density at radius 3 is 2.71 bits per heavy atom. The second-order valence-electron chi connectivity index (χ2n) is 7.11. The predicted octanol–water partition coefficient (Wildman–Crippen LogP) is 2.59. The second-order valence-corrected chi connectivity index (χ2v) is 7.11. The van der Waals surface area contributed by atoms with Gasteiger partial charge in [-0.25, -0.2) is 8.78 Å². The van der Waals surface area contributed by atoms with Gasteiger partial charge in [0.25, 0.3) is 11.8 Å². The molecule has 1 aromatic carbocycles. The monoisotopic (exact) mass is 386 g/mol. The molecule has 1 aliphatic heterocycles. The summed E-state index contributed by atoms with van der Waals surface area (Å²) in [6.45, 7) is 1.58. The number of alkyl halides is 2. The lowest BCUT2D eigenvalue weighted by atomic mass is 10.1. The van der Waals surface area contributed by atoms with Gasteiger partial charge in [0.2, 0.25) is 0 Å². The first-order valence-corrected chi connectivity index (χ1v) is 8.95. The van der Waals surface area contributed by atoms with E-state index < -0.39 is 30.8 Å². The van der Waals surface area contributed by atoms with Crippen LogP contribution in [0.2, 0.25) is 0 Å². The summed E-state index contributed by atoms with van der Waals surface area (Å²) < 4.78 is 31.8. The second kappa shape index (κ2) is 6.81. The van der Waals surface area contributed by atoms with Crippen LogP contribution in [0.4, 0.5) is 8.78 Å². The summed E-state index contributed by atoms with van der Waals surface area (Å²) in [5, 5.41) is 12.1. The number of carbonyl (C=O) groups is 1. The van der Waals surface area contributed by atoms with Crippen molar-refractivity contribution in [1.29, 1.82) is 0 Å². The van der Waals surface area contributed by atoms with Crippen LogP contribution in [0.5, 0.6) is 0 Å². The fourth-order valence-electron chi connectivity index (χ4n) is 3.50. The zero-order chi connectivity index (χ0) is 19.9. The molecule has 1 amide bonds. The van der Waals surface area contributed by atoms with Gasteiger partial charge in [0.05, 0.1) is 19.1 Å². The van der Waals surface area contributed by atoms with Gasteiger partial charge in [-0.15, -0.1) is 10.2 Å². The SMILES string of the molecule is Cc1cc(C(=O)N2CC(F)(F)C[C@H]2c2nncn2Cc2ccccc2)nn1C. The smallest absolute Gasteiger partial charge is 0.275 e. The predicted molar refractivity (Wildman–Crippen MR) is 96.9 cm³/mol. The van der Waals surface area contributed by atoms with Gasteiger partial charge in [-0.1, -0.05) is 30.3 Å². The van der Waals surface area contributed by atoms with Crippen molar-refractivity contribution in [1.82, 2.24) is 29.4 Å². The van der Waals surface area contributed by atoms with Crippen LogP contribution in [0, 0.1) is 6.92 Å². The highest BCUT2D eigenvalue weighted by Gasteiger charge is 2.49. The molecule has 2 aromatic heterocycles. The molecule has 0 aliphatic carbocycles. The first-order chi connectivity index (χ1) is 13.3. The third kappa shape index (κ3) is 3.39. The van der Waals surface area contributed by atoms with E-state index in [0.29, 0.717) is 12.4 Å². The third-order valence-corrected chi connectivity index (χ3v) is 5.00. The highest BCUT2D eigenvalue weighted by Crippen LogP contribution is 2.41. The van der Waals surface area contributed by atoms with Gasteiger partial charge < -0.3 is 9.47 Å². The van der Waals surface area contributed by atoms with Crippen LogP contribution in [0.1, 0.15) is 40.0 Å². The molecule has 0 unspecified atom stereocenters. The van der Waals surface area contributed by atoms with Gasteiger partial charge in [0, 0.05) is 19.2 Å². The number of benzene rings is 1. The zero-order valence-corrected chi connectivity index (χ0v) is 15.6. The Balaban J connectivity index is 1.66. The quantitative estimate of drug-likeness (QED) is 0.691. The van der Waals surface area contributed by atoms with Crippen molar-refractivity contribution in [2.24, 2.45) is 7.05 Å². The number of hydrogen-bond acceptors (Lipinski definition) is 4. The van der Waals surface area contributed by atoms with Crippen molar-refractivity contribution < 1.29 is 13.6 Å². The van der Waals surface area contributed by atoms with Crippen LogP contribution in [-0.2, 0) is 13.6 Å². The number of nitrogens with zero attached hydrogens (tertiary/aromatic N) is 6. The fourth-order valence-corrected chi connectivity index (χ4v) is 3.50. The topological polar surface area (TPSA) is 68.8 Å². The number of rotatable bonds is 4. The Morgan fingerprint density at radius 1 is 1.29 bits per heavy atom. The number of likely N-dealkylation sites (tertiary alicyclic amines) is 1. The molecule has 4 rings (SSSR count). The van der Waals surface area contributed by atoms with Crippen molar-refractivity contribution in [3.8, 4) is 0 Å².